The Labute approximate surface area is 89.3 Å². The Morgan fingerprint density at radius 3 is 3.33 bits per heavy atom. The van der Waals surface area contributed by atoms with Crippen LogP contribution in [0, 0.1) is 0 Å². The fourth-order valence-electron chi connectivity index (χ4n) is 1.86. The number of amides is 1. The molecular formula is C11H15N3O. The number of carbonyl (C=O) groups is 1. The molecule has 1 amide bonds. The normalized spacial score (nSPS) is 13.8. The van der Waals surface area contributed by atoms with Gasteiger partial charge in [-0.3, -0.25) is 4.79 Å². The summed E-state index contributed by atoms with van der Waals surface area (Å²) >= 11 is 0. The molecule has 2 rings (SSSR count). The van der Waals surface area contributed by atoms with Crippen molar-refractivity contribution in [3.63, 3.8) is 0 Å². The third-order valence-electron chi connectivity index (χ3n) is 2.57. The van der Waals surface area contributed by atoms with Crippen molar-refractivity contribution in [3.05, 3.63) is 23.9 Å². The smallest absolute Gasteiger partial charge is 0.216 e. The van der Waals surface area contributed by atoms with Crippen LogP contribution in [0.25, 0.3) is 0 Å². The minimum Gasteiger partial charge on any atom is -0.355 e. The summed E-state index contributed by atoms with van der Waals surface area (Å²) < 4.78 is 0. The highest BCUT2D eigenvalue weighted by Gasteiger charge is 2.18. The van der Waals surface area contributed by atoms with Crippen LogP contribution in [0.1, 0.15) is 12.5 Å². The molecule has 2 heterocycles. The molecule has 0 saturated heterocycles. The lowest BCUT2D eigenvalue weighted by molar-refractivity contribution is -0.118. The number of nitrogens with zero attached hydrogens (tertiary/aromatic N) is 2. The summed E-state index contributed by atoms with van der Waals surface area (Å²) in [6, 6.07) is 4.08. The van der Waals surface area contributed by atoms with Gasteiger partial charge in [-0.25, -0.2) is 4.98 Å². The zero-order valence-corrected chi connectivity index (χ0v) is 8.86. The van der Waals surface area contributed by atoms with Crippen LogP contribution in [-0.2, 0) is 11.2 Å². The summed E-state index contributed by atoms with van der Waals surface area (Å²) in [7, 11) is 0. The van der Waals surface area contributed by atoms with Gasteiger partial charge in [-0.1, -0.05) is 6.07 Å². The van der Waals surface area contributed by atoms with E-state index in [-0.39, 0.29) is 5.91 Å². The van der Waals surface area contributed by atoms with Crippen molar-refractivity contribution in [2.24, 2.45) is 0 Å². The van der Waals surface area contributed by atoms with Crippen molar-refractivity contribution in [1.29, 1.82) is 0 Å². The maximum absolute atomic E-state index is 10.7. The highest BCUT2D eigenvalue weighted by molar-refractivity contribution is 5.72. The van der Waals surface area contributed by atoms with E-state index in [2.05, 4.69) is 21.3 Å². The third kappa shape index (κ3) is 2.26. The molecule has 0 atom stereocenters. The van der Waals surface area contributed by atoms with E-state index in [9.17, 15) is 4.79 Å². The summed E-state index contributed by atoms with van der Waals surface area (Å²) in [6.45, 7) is 4.07. The number of anilines is 1. The molecular weight excluding hydrogens is 190 g/mol. The van der Waals surface area contributed by atoms with Gasteiger partial charge in [-0.05, 0) is 18.1 Å². The van der Waals surface area contributed by atoms with E-state index in [0.717, 1.165) is 25.3 Å². The van der Waals surface area contributed by atoms with E-state index >= 15 is 0 Å². The van der Waals surface area contributed by atoms with Gasteiger partial charge in [0.2, 0.25) is 5.91 Å². The first-order chi connectivity index (χ1) is 7.27. The Kier molecular flexibility index (Phi) is 2.85. The molecule has 0 aliphatic carbocycles. The molecule has 0 saturated carbocycles. The SMILES string of the molecule is CC(=O)NCCN1CCc2cccnc21. The van der Waals surface area contributed by atoms with Crippen LogP contribution in [-0.4, -0.2) is 30.5 Å². The lowest BCUT2D eigenvalue weighted by Crippen LogP contribution is -2.33. The van der Waals surface area contributed by atoms with Crippen LogP contribution >= 0.6 is 0 Å². The maximum atomic E-state index is 10.7. The number of pyridine rings is 1. The van der Waals surface area contributed by atoms with E-state index in [1.165, 1.54) is 12.5 Å². The summed E-state index contributed by atoms with van der Waals surface area (Å²) in [6.07, 6.45) is 2.87. The van der Waals surface area contributed by atoms with Crippen molar-refractivity contribution in [3.8, 4) is 0 Å². The molecule has 1 aliphatic rings. The van der Waals surface area contributed by atoms with Gasteiger partial charge in [-0.2, -0.15) is 0 Å². The van der Waals surface area contributed by atoms with Gasteiger partial charge < -0.3 is 10.2 Å². The van der Waals surface area contributed by atoms with Crippen LogP contribution in [0.2, 0.25) is 0 Å². The van der Waals surface area contributed by atoms with E-state index in [4.69, 9.17) is 0 Å². The standard InChI is InChI=1S/C11H15N3O/c1-9(15)12-6-8-14-7-4-10-3-2-5-13-11(10)14/h2-3,5H,4,6-8H2,1H3,(H,12,15). The number of carbonyl (C=O) groups excluding carboxylic acids is 1. The molecule has 0 fully saturated rings. The van der Waals surface area contributed by atoms with Crippen LogP contribution < -0.4 is 10.2 Å². The lowest BCUT2D eigenvalue weighted by Gasteiger charge is -2.17. The van der Waals surface area contributed by atoms with E-state index in [1.807, 2.05) is 12.3 Å². The maximum Gasteiger partial charge on any atom is 0.216 e. The second kappa shape index (κ2) is 4.29. The van der Waals surface area contributed by atoms with Gasteiger partial charge in [-0.15, -0.1) is 0 Å². The van der Waals surface area contributed by atoms with Gasteiger partial charge in [0.15, 0.2) is 0 Å². The first-order valence-corrected chi connectivity index (χ1v) is 5.20. The van der Waals surface area contributed by atoms with Gasteiger partial charge in [0.05, 0.1) is 0 Å². The Bertz CT molecular complexity index is 365. The number of fused-ring (bicyclic) bond motifs is 1. The Morgan fingerprint density at radius 2 is 2.53 bits per heavy atom. The number of rotatable bonds is 3. The zero-order valence-electron chi connectivity index (χ0n) is 8.86. The molecule has 1 aromatic heterocycles. The first-order valence-electron chi connectivity index (χ1n) is 5.20. The number of hydrogen-bond donors (Lipinski definition) is 1. The second-order valence-electron chi connectivity index (χ2n) is 3.71. The molecule has 1 N–H and O–H groups in total. The lowest BCUT2D eigenvalue weighted by atomic mass is 10.2. The summed E-state index contributed by atoms with van der Waals surface area (Å²) in [5.74, 6) is 1.10. The highest BCUT2D eigenvalue weighted by Crippen LogP contribution is 2.23. The third-order valence-corrected chi connectivity index (χ3v) is 2.57. The first kappa shape index (κ1) is 9.96. The van der Waals surface area contributed by atoms with Crippen molar-refractivity contribution in [1.82, 2.24) is 10.3 Å². The number of hydrogen-bond acceptors (Lipinski definition) is 3. The van der Waals surface area contributed by atoms with Gasteiger partial charge in [0.1, 0.15) is 5.82 Å². The summed E-state index contributed by atoms with van der Waals surface area (Å²) in [4.78, 5) is 17.3. The number of aromatic nitrogens is 1. The van der Waals surface area contributed by atoms with Crippen molar-refractivity contribution in [2.75, 3.05) is 24.5 Å². The largest absolute Gasteiger partial charge is 0.355 e. The second-order valence-corrected chi connectivity index (χ2v) is 3.71. The minimum atomic E-state index is 0.0236. The molecule has 15 heavy (non-hydrogen) atoms. The highest BCUT2D eigenvalue weighted by atomic mass is 16.1. The fourth-order valence-corrected chi connectivity index (χ4v) is 1.86. The predicted octanol–water partition coefficient (Wildman–Crippen LogP) is 0.580. The van der Waals surface area contributed by atoms with Gasteiger partial charge in [0.25, 0.3) is 0 Å². The predicted molar refractivity (Wildman–Crippen MR) is 58.8 cm³/mol. The van der Waals surface area contributed by atoms with E-state index in [0.29, 0.717) is 6.54 Å². The topological polar surface area (TPSA) is 45.2 Å². The van der Waals surface area contributed by atoms with Gasteiger partial charge in [0, 0.05) is 32.8 Å². The summed E-state index contributed by atoms with van der Waals surface area (Å²) in [5, 5.41) is 2.79. The molecule has 4 heteroatoms. The van der Waals surface area contributed by atoms with Crippen LogP contribution in [0.15, 0.2) is 18.3 Å². The minimum absolute atomic E-state index is 0.0236. The Morgan fingerprint density at radius 1 is 1.67 bits per heavy atom. The molecule has 0 aromatic carbocycles. The molecule has 1 aromatic rings. The molecule has 80 valence electrons. The van der Waals surface area contributed by atoms with Crippen LogP contribution in [0.3, 0.4) is 0 Å². The van der Waals surface area contributed by atoms with Crippen LogP contribution in [0.4, 0.5) is 5.82 Å². The van der Waals surface area contributed by atoms with Crippen molar-refractivity contribution < 1.29 is 4.79 Å². The van der Waals surface area contributed by atoms with Crippen molar-refractivity contribution in [2.45, 2.75) is 13.3 Å². The van der Waals surface area contributed by atoms with Gasteiger partial charge >= 0.3 is 0 Å². The van der Waals surface area contributed by atoms with Crippen LogP contribution in [0.5, 0.6) is 0 Å². The molecule has 0 radical (unpaired) electrons. The Hall–Kier alpha value is -1.58. The monoisotopic (exact) mass is 205 g/mol. The molecule has 1 aliphatic heterocycles. The Balaban J connectivity index is 1.93. The number of nitrogens with one attached hydrogen (secondary N) is 1. The fraction of sp³-hybridized carbons (Fsp3) is 0.455. The zero-order chi connectivity index (χ0) is 10.7. The van der Waals surface area contributed by atoms with Crippen molar-refractivity contribution >= 4 is 11.7 Å². The summed E-state index contributed by atoms with van der Waals surface area (Å²) in [5.41, 5.74) is 1.31. The molecule has 0 bridgehead atoms. The average molecular weight is 205 g/mol. The molecule has 0 unspecified atom stereocenters. The molecule has 0 spiro atoms. The molecule has 4 nitrogen and oxygen atoms in total. The van der Waals surface area contributed by atoms with E-state index in [1.54, 1.807) is 0 Å². The van der Waals surface area contributed by atoms with E-state index < -0.39 is 0 Å². The quantitative estimate of drug-likeness (QED) is 0.785. The average Bonchev–Trinajstić information content (AvgIpc) is 2.62.